The highest BCUT2D eigenvalue weighted by atomic mass is 32.2. The first-order valence-electron chi connectivity index (χ1n) is 8.28. The van der Waals surface area contributed by atoms with E-state index in [1.165, 1.54) is 0 Å². The van der Waals surface area contributed by atoms with E-state index in [1.54, 1.807) is 23.9 Å². The Labute approximate surface area is 150 Å². The van der Waals surface area contributed by atoms with E-state index in [1.807, 2.05) is 36.4 Å². The number of aromatic carboxylic acids is 1. The number of carboxylic acids is 1. The summed E-state index contributed by atoms with van der Waals surface area (Å²) in [6, 6.07) is 15.4. The van der Waals surface area contributed by atoms with Gasteiger partial charge in [0.1, 0.15) is 5.52 Å². The maximum Gasteiger partial charge on any atom is 0.336 e. The van der Waals surface area contributed by atoms with Crippen LogP contribution in [0.2, 0.25) is 0 Å². The fourth-order valence-electron chi connectivity index (χ4n) is 2.50. The van der Waals surface area contributed by atoms with Crippen LogP contribution in [0.5, 0.6) is 0 Å². The molecule has 3 aromatic rings. The van der Waals surface area contributed by atoms with Crippen molar-refractivity contribution in [2.24, 2.45) is 0 Å². The number of anilines is 1. The highest BCUT2D eigenvalue weighted by Crippen LogP contribution is 2.24. The van der Waals surface area contributed by atoms with Gasteiger partial charge in [0.25, 0.3) is 6.01 Å². The normalized spacial score (nSPS) is 10.9. The quantitative estimate of drug-likeness (QED) is 0.419. The van der Waals surface area contributed by atoms with Crippen LogP contribution in [-0.4, -0.2) is 28.4 Å². The number of hydrogen-bond acceptors (Lipinski definition) is 5. The molecule has 0 aliphatic carbocycles. The second kappa shape index (κ2) is 8.58. The number of unbranched alkanes of at least 4 members (excludes halogenated alkanes) is 2. The molecule has 130 valence electrons. The van der Waals surface area contributed by atoms with E-state index in [9.17, 15) is 4.79 Å². The molecule has 0 saturated carbocycles. The third-order valence-electron chi connectivity index (χ3n) is 3.77. The van der Waals surface area contributed by atoms with E-state index < -0.39 is 5.97 Å². The van der Waals surface area contributed by atoms with Gasteiger partial charge >= 0.3 is 5.97 Å². The van der Waals surface area contributed by atoms with Crippen molar-refractivity contribution >= 4 is 34.8 Å². The molecule has 0 aliphatic rings. The molecule has 0 fully saturated rings. The molecule has 0 unspecified atom stereocenters. The Kier molecular flexibility index (Phi) is 5.95. The fourth-order valence-corrected chi connectivity index (χ4v) is 3.55. The number of hydrogen-bond donors (Lipinski definition) is 2. The highest BCUT2D eigenvalue weighted by molar-refractivity contribution is 7.99. The lowest BCUT2D eigenvalue weighted by molar-refractivity contribution is 0.0693. The van der Waals surface area contributed by atoms with E-state index in [2.05, 4.69) is 10.3 Å². The predicted molar refractivity (Wildman–Crippen MR) is 100 cm³/mol. The van der Waals surface area contributed by atoms with Crippen molar-refractivity contribution < 1.29 is 14.3 Å². The van der Waals surface area contributed by atoms with Crippen LogP contribution in [0.25, 0.3) is 11.1 Å². The first kappa shape index (κ1) is 17.4. The minimum Gasteiger partial charge on any atom is -0.478 e. The van der Waals surface area contributed by atoms with Crippen LogP contribution in [0.4, 0.5) is 6.01 Å². The molecule has 0 spiro atoms. The second-order valence-electron chi connectivity index (χ2n) is 5.62. The Morgan fingerprint density at radius 3 is 2.72 bits per heavy atom. The zero-order valence-corrected chi connectivity index (χ0v) is 14.6. The highest BCUT2D eigenvalue weighted by Gasteiger charge is 2.08. The number of nitrogens with zero attached hydrogens (tertiary/aromatic N) is 1. The third kappa shape index (κ3) is 4.76. The zero-order chi connectivity index (χ0) is 17.5. The summed E-state index contributed by atoms with van der Waals surface area (Å²) in [7, 11) is 0. The summed E-state index contributed by atoms with van der Waals surface area (Å²) in [5.74, 6) is 0.0401. The first-order valence-corrected chi connectivity index (χ1v) is 9.27. The molecule has 0 radical (unpaired) electrons. The van der Waals surface area contributed by atoms with Crippen molar-refractivity contribution in [2.45, 2.75) is 24.2 Å². The lowest BCUT2D eigenvalue weighted by Gasteiger charge is -2.05. The van der Waals surface area contributed by atoms with Crippen LogP contribution in [-0.2, 0) is 0 Å². The molecule has 3 rings (SSSR count). The van der Waals surface area contributed by atoms with Gasteiger partial charge in [0, 0.05) is 11.4 Å². The summed E-state index contributed by atoms with van der Waals surface area (Å²) < 4.78 is 5.61. The summed E-state index contributed by atoms with van der Waals surface area (Å²) in [5, 5.41) is 12.4. The standard InChI is InChI=1S/C19H20N2O3S/c22-18(23)14-8-2-5-11-17(14)25-13-7-1-6-12-20-19-21-15-9-3-4-10-16(15)24-19/h2-5,8-11H,1,6-7,12-13H2,(H,20,21)(H,22,23). The van der Waals surface area contributed by atoms with E-state index in [4.69, 9.17) is 9.52 Å². The van der Waals surface area contributed by atoms with Gasteiger partial charge in [0.05, 0.1) is 5.56 Å². The van der Waals surface area contributed by atoms with Crippen molar-refractivity contribution in [2.75, 3.05) is 17.6 Å². The van der Waals surface area contributed by atoms with Crippen molar-refractivity contribution in [1.29, 1.82) is 0 Å². The number of fused-ring (bicyclic) bond motifs is 1. The lowest BCUT2D eigenvalue weighted by Crippen LogP contribution is -2.01. The van der Waals surface area contributed by atoms with Crippen molar-refractivity contribution in [3.8, 4) is 0 Å². The van der Waals surface area contributed by atoms with E-state index in [0.717, 1.165) is 47.6 Å². The molecule has 0 bridgehead atoms. The number of thioether (sulfide) groups is 1. The fraction of sp³-hybridized carbons (Fsp3) is 0.263. The minimum absolute atomic E-state index is 0.380. The molecule has 0 aliphatic heterocycles. The molecule has 5 nitrogen and oxygen atoms in total. The van der Waals surface area contributed by atoms with Gasteiger partial charge in [-0.1, -0.05) is 30.7 Å². The number of carbonyl (C=O) groups is 1. The molecule has 0 atom stereocenters. The van der Waals surface area contributed by atoms with Crippen molar-refractivity contribution in [1.82, 2.24) is 4.98 Å². The van der Waals surface area contributed by atoms with Crippen LogP contribution < -0.4 is 5.32 Å². The van der Waals surface area contributed by atoms with Gasteiger partial charge in [-0.3, -0.25) is 0 Å². The molecule has 2 N–H and O–H groups in total. The monoisotopic (exact) mass is 356 g/mol. The number of rotatable bonds is 9. The van der Waals surface area contributed by atoms with E-state index >= 15 is 0 Å². The molecule has 25 heavy (non-hydrogen) atoms. The summed E-state index contributed by atoms with van der Waals surface area (Å²) >= 11 is 1.60. The van der Waals surface area contributed by atoms with Crippen LogP contribution in [0.3, 0.4) is 0 Å². The average molecular weight is 356 g/mol. The maximum atomic E-state index is 11.2. The zero-order valence-electron chi connectivity index (χ0n) is 13.8. The Bertz CT molecular complexity index is 814. The summed E-state index contributed by atoms with van der Waals surface area (Å²) in [5.41, 5.74) is 2.03. The Balaban J connectivity index is 1.35. The minimum atomic E-state index is -0.870. The smallest absolute Gasteiger partial charge is 0.336 e. The Morgan fingerprint density at radius 1 is 1.08 bits per heavy atom. The molecule has 0 saturated heterocycles. The summed E-state index contributed by atoms with van der Waals surface area (Å²) in [4.78, 5) is 16.4. The topological polar surface area (TPSA) is 75.4 Å². The van der Waals surface area contributed by atoms with Crippen LogP contribution in [0.1, 0.15) is 29.6 Å². The molecule has 0 amide bonds. The number of carboxylic acid groups (broad SMARTS) is 1. The average Bonchev–Trinajstić information content (AvgIpc) is 3.04. The molecule has 2 aromatic carbocycles. The van der Waals surface area contributed by atoms with E-state index in [0.29, 0.717) is 11.6 Å². The number of aromatic nitrogens is 1. The molecule has 1 heterocycles. The molecular formula is C19H20N2O3S. The summed E-state index contributed by atoms with van der Waals surface area (Å²) in [6.07, 6.45) is 3.11. The second-order valence-corrected chi connectivity index (χ2v) is 6.76. The van der Waals surface area contributed by atoms with Gasteiger partial charge in [-0.15, -0.1) is 11.8 Å². The first-order chi connectivity index (χ1) is 12.2. The maximum absolute atomic E-state index is 11.2. The van der Waals surface area contributed by atoms with Gasteiger partial charge in [0.2, 0.25) is 0 Å². The summed E-state index contributed by atoms with van der Waals surface area (Å²) in [6.45, 7) is 0.809. The Morgan fingerprint density at radius 2 is 1.88 bits per heavy atom. The number of nitrogens with one attached hydrogen (secondary N) is 1. The van der Waals surface area contributed by atoms with Crippen LogP contribution in [0.15, 0.2) is 57.8 Å². The van der Waals surface area contributed by atoms with Gasteiger partial charge in [-0.2, -0.15) is 4.98 Å². The van der Waals surface area contributed by atoms with Gasteiger partial charge in [0.15, 0.2) is 5.58 Å². The lowest BCUT2D eigenvalue weighted by atomic mass is 10.2. The van der Waals surface area contributed by atoms with Gasteiger partial charge in [-0.25, -0.2) is 4.79 Å². The number of benzene rings is 2. The molecule has 1 aromatic heterocycles. The van der Waals surface area contributed by atoms with Crippen molar-refractivity contribution in [3.63, 3.8) is 0 Å². The number of para-hydroxylation sites is 2. The Hall–Kier alpha value is -2.47. The molecular weight excluding hydrogens is 336 g/mol. The number of oxazole rings is 1. The molecule has 6 heteroatoms. The predicted octanol–water partition coefficient (Wildman–Crippen LogP) is 4.90. The van der Waals surface area contributed by atoms with Crippen molar-refractivity contribution in [3.05, 3.63) is 54.1 Å². The largest absolute Gasteiger partial charge is 0.478 e. The van der Waals surface area contributed by atoms with Gasteiger partial charge < -0.3 is 14.8 Å². The SMILES string of the molecule is O=C(O)c1ccccc1SCCCCCNc1nc2ccccc2o1. The van der Waals surface area contributed by atoms with Gasteiger partial charge in [-0.05, 0) is 42.9 Å². The van der Waals surface area contributed by atoms with E-state index in [-0.39, 0.29) is 0 Å². The third-order valence-corrected chi connectivity index (χ3v) is 4.93. The van der Waals surface area contributed by atoms with Crippen LogP contribution in [0, 0.1) is 0 Å². The van der Waals surface area contributed by atoms with Crippen LogP contribution >= 0.6 is 11.8 Å².